The van der Waals surface area contributed by atoms with Crippen molar-refractivity contribution in [3.05, 3.63) is 22.8 Å². The second-order valence-electron chi connectivity index (χ2n) is 7.46. The Balaban J connectivity index is 2.39. The van der Waals surface area contributed by atoms with Crippen molar-refractivity contribution in [3.8, 4) is 5.75 Å². The van der Waals surface area contributed by atoms with Gasteiger partial charge in [0.05, 0.1) is 5.56 Å². The van der Waals surface area contributed by atoms with Crippen LogP contribution in [0.4, 0.5) is 5.69 Å². The molecule has 3 nitrogen and oxygen atoms in total. The molecule has 1 aromatic carbocycles. The minimum absolute atomic E-state index is 0.0550. The number of anilines is 1. The van der Waals surface area contributed by atoms with Gasteiger partial charge >= 0.3 is 0 Å². The molecule has 1 aromatic rings. The molecule has 0 saturated heterocycles. The van der Waals surface area contributed by atoms with E-state index in [9.17, 15) is 9.90 Å². The van der Waals surface area contributed by atoms with Gasteiger partial charge < -0.3 is 10.0 Å². The van der Waals surface area contributed by atoms with E-state index in [-0.39, 0.29) is 16.6 Å². The number of phenols is 1. The average Bonchev–Trinajstić information content (AvgIpc) is 2.36. The number of rotatable bonds is 1. The number of aromatic hydroxyl groups is 1. The fraction of sp³-hybridized carbons (Fsp3) is 0.588. The molecular formula is C17H23NO2. The van der Waals surface area contributed by atoms with E-state index in [1.165, 1.54) is 11.3 Å². The predicted molar refractivity (Wildman–Crippen MR) is 81.0 cm³/mol. The largest absolute Gasteiger partial charge is 0.507 e. The number of carbonyl (C=O) groups is 1. The van der Waals surface area contributed by atoms with Crippen molar-refractivity contribution in [1.82, 2.24) is 0 Å². The third kappa shape index (κ3) is 1.68. The Morgan fingerprint density at radius 2 is 1.75 bits per heavy atom. The van der Waals surface area contributed by atoms with Crippen LogP contribution in [0.5, 0.6) is 5.75 Å². The van der Waals surface area contributed by atoms with Crippen molar-refractivity contribution in [2.24, 2.45) is 0 Å². The number of aldehydes is 1. The molecular weight excluding hydrogens is 250 g/mol. The monoisotopic (exact) mass is 273 g/mol. The minimum atomic E-state index is -0.0862. The SMILES string of the molecule is CC1(C)CCN2CCC(C)(C)c3c(O)c(C=O)cc1c32. The molecule has 2 aliphatic heterocycles. The predicted octanol–water partition coefficient (Wildman–Crippen LogP) is 3.37. The van der Waals surface area contributed by atoms with E-state index < -0.39 is 0 Å². The summed E-state index contributed by atoms with van der Waals surface area (Å²) < 4.78 is 0. The first-order valence-corrected chi connectivity index (χ1v) is 7.39. The van der Waals surface area contributed by atoms with Crippen LogP contribution >= 0.6 is 0 Å². The lowest BCUT2D eigenvalue weighted by Crippen LogP contribution is -2.44. The number of hydrogen-bond acceptors (Lipinski definition) is 3. The molecule has 0 saturated carbocycles. The van der Waals surface area contributed by atoms with Gasteiger partial charge in [0.1, 0.15) is 5.75 Å². The molecule has 3 rings (SSSR count). The van der Waals surface area contributed by atoms with E-state index in [2.05, 4.69) is 32.6 Å². The van der Waals surface area contributed by atoms with Gasteiger partial charge in [-0.3, -0.25) is 4.79 Å². The van der Waals surface area contributed by atoms with Crippen LogP contribution in [0, 0.1) is 0 Å². The molecule has 0 bridgehead atoms. The lowest BCUT2D eigenvalue weighted by atomic mass is 9.69. The van der Waals surface area contributed by atoms with Crippen molar-refractivity contribution in [1.29, 1.82) is 0 Å². The topological polar surface area (TPSA) is 40.5 Å². The van der Waals surface area contributed by atoms with Crippen LogP contribution in [0.15, 0.2) is 6.07 Å². The lowest BCUT2D eigenvalue weighted by molar-refractivity contribution is 0.112. The van der Waals surface area contributed by atoms with Gasteiger partial charge in [0.2, 0.25) is 0 Å². The molecule has 1 N–H and O–H groups in total. The molecule has 0 spiro atoms. The summed E-state index contributed by atoms with van der Waals surface area (Å²) in [6, 6.07) is 1.90. The summed E-state index contributed by atoms with van der Waals surface area (Å²) in [5.41, 5.74) is 3.77. The van der Waals surface area contributed by atoms with Gasteiger partial charge in [0.15, 0.2) is 6.29 Å². The Kier molecular flexibility index (Phi) is 2.69. The van der Waals surface area contributed by atoms with E-state index >= 15 is 0 Å². The standard InChI is InChI=1S/C17H23NO2/c1-16(2)5-7-18-8-6-17(3,4)13-14(18)12(16)9-11(10-19)15(13)20/h9-10,20H,5-8H2,1-4H3. The third-order valence-electron chi connectivity index (χ3n) is 5.16. The molecule has 0 unspecified atom stereocenters. The Bertz CT molecular complexity index is 585. The number of phenolic OH excluding ortho intramolecular Hbond substituents is 1. The van der Waals surface area contributed by atoms with Crippen LogP contribution in [0.3, 0.4) is 0 Å². The summed E-state index contributed by atoms with van der Waals surface area (Å²) in [5, 5.41) is 10.5. The van der Waals surface area contributed by atoms with Crippen molar-refractivity contribution in [2.75, 3.05) is 18.0 Å². The van der Waals surface area contributed by atoms with Gasteiger partial charge in [-0.1, -0.05) is 27.7 Å². The maximum atomic E-state index is 11.3. The number of nitrogens with zero attached hydrogens (tertiary/aromatic N) is 1. The number of benzene rings is 1. The third-order valence-corrected chi connectivity index (χ3v) is 5.16. The van der Waals surface area contributed by atoms with Crippen LogP contribution in [0.1, 0.15) is 62.0 Å². The van der Waals surface area contributed by atoms with Crippen LogP contribution in [-0.4, -0.2) is 24.5 Å². The molecule has 0 amide bonds. The minimum Gasteiger partial charge on any atom is -0.507 e. The molecule has 2 aliphatic rings. The Labute approximate surface area is 120 Å². The quantitative estimate of drug-likeness (QED) is 0.797. The lowest BCUT2D eigenvalue weighted by Gasteiger charge is -2.48. The Hall–Kier alpha value is -1.51. The zero-order chi connectivity index (χ0) is 14.7. The first-order valence-electron chi connectivity index (χ1n) is 7.39. The van der Waals surface area contributed by atoms with Crippen molar-refractivity contribution >= 4 is 12.0 Å². The maximum absolute atomic E-state index is 11.3. The first-order chi connectivity index (χ1) is 9.28. The van der Waals surface area contributed by atoms with Gasteiger partial charge in [0.25, 0.3) is 0 Å². The molecule has 2 heterocycles. The highest BCUT2D eigenvalue weighted by Gasteiger charge is 2.42. The zero-order valence-corrected chi connectivity index (χ0v) is 12.8. The molecule has 108 valence electrons. The molecule has 3 heteroatoms. The fourth-order valence-electron chi connectivity index (χ4n) is 3.68. The van der Waals surface area contributed by atoms with E-state index in [0.29, 0.717) is 5.56 Å². The maximum Gasteiger partial charge on any atom is 0.153 e. The highest BCUT2D eigenvalue weighted by Crippen LogP contribution is 2.52. The molecule has 0 radical (unpaired) electrons. The smallest absolute Gasteiger partial charge is 0.153 e. The van der Waals surface area contributed by atoms with E-state index in [1.807, 2.05) is 6.07 Å². The summed E-state index contributed by atoms with van der Waals surface area (Å²) >= 11 is 0. The summed E-state index contributed by atoms with van der Waals surface area (Å²) in [5.74, 6) is 0.186. The van der Waals surface area contributed by atoms with E-state index in [4.69, 9.17) is 0 Å². The zero-order valence-electron chi connectivity index (χ0n) is 12.8. The highest BCUT2D eigenvalue weighted by molar-refractivity contribution is 5.86. The summed E-state index contributed by atoms with van der Waals surface area (Å²) in [6.45, 7) is 10.8. The molecule has 20 heavy (non-hydrogen) atoms. The van der Waals surface area contributed by atoms with Gasteiger partial charge in [-0.25, -0.2) is 0 Å². The molecule has 0 fully saturated rings. The van der Waals surface area contributed by atoms with Crippen LogP contribution in [-0.2, 0) is 10.8 Å². The summed E-state index contributed by atoms with van der Waals surface area (Å²) in [4.78, 5) is 13.7. The molecule has 0 atom stereocenters. The first kappa shape index (κ1) is 13.5. The van der Waals surface area contributed by atoms with E-state index in [1.54, 1.807) is 0 Å². The molecule has 0 aromatic heterocycles. The second kappa shape index (κ2) is 4.00. The van der Waals surface area contributed by atoms with Gasteiger partial charge in [-0.2, -0.15) is 0 Å². The van der Waals surface area contributed by atoms with Crippen LogP contribution in [0.25, 0.3) is 0 Å². The average molecular weight is 273 g/mol. The summed E-state index contributed by atoms with van der Waals surface area (Å²) in [6.07, 6.45) is 2.88. The van der Waals surface area contributed by atoms with Gasteiger partial charge in [0, 0.05) is 24.3 Å². The van der Waals surface area contributed by atoms with E-state index in [0.717, 1.165) is 37.8 Å². The fourth-order valence-corrected chi connectivity index (χ4v) is 3.68. The number of hydrogen-bond donors (Lipinski definition) is 1. The normalized spacial score (nSPS) is 22.3. The van der Waals surface area contributed by atoms with Gasteiger partial charge in [-0.05, 0) is 35.3 Å². The van der Waals surface area contributed by atoms with Crippen LogP contribution < -0.4 is 4.90 Å². The highest BCUT2D eigenvalue weighted by atomic mass is 16.3. The Morgan fingerprint density at radius 1 is 1.15 bits per heavy atom. The van der Waals surface area contributed by atoms with Crippen molar-refractivity contribution < 1.29 is 9.90 Å². The Morgan fingerprint density at radius 3 is 2.35 bits per heavy atom. The van der Waals surface area contributed by atoms with Crippen LogP contribution in [0.2, 0.25) is 0 Å². The molecule has 0 aliphatic carbocycles. The van der Waals surface area contributed by atoms with Crippen molar-refractivity contribution in [3.63, 3.8) is 0 Å². The number of carbonyl (C=O) groups excluding carboxylic acids is 1. The summed E-state index contributed by atoms with van der Waals surface area (Å²) in [7, 11) is 0. The van der Waals surface area contributed by atoms with Gasteiger partial charge in [-0.15, -0.1) is 0 Å². The van der Waals surface area contributed by atoms with Crippen molar-refractivity contribution in [2.45, 2.75) is 51.4 Å². The second-order valence-corrected chi connectivity index (χ2v) is 7.46.